The fourth-order valence-electron chi connectivity index (χ4n) is 1.53. The number of carbonyl (C=O) groups excluding carboxylic acids is 1. The standard InChI is InChI=1S/C12H9BrF3NO2/c1-7(18)11(13)9-3-2-4-10(8(9)5-6-17)19-12(14,15)16/h2-4,11H,5H2,1H3. The number of ketones is 1. The van der Waals surface area contributed by atoms with E-state index in [9.17, 15) is 18.0 Å². The molecule has 0 heterocycles. The first kappa shape index (κ1) is 15.5. The molecule has 0 aliphatic rings. The zero-order chi connectivity index (χ0) is 14.6. The van der Waals surface area contributed by atoms with Gasteiger partial charge in [0.05, 0.1) is 17.3 Å². The van der Waals surface area contributed by atoms with Gasteiger partial charge in [0.2, 0.25) is 0 Å². The van der Waals surface area contributed by atoms with Gasteiger partial charge in [-0.3, -0.25) is 4.79 Å². The summed E-state index contributed by atoms with van der Waals surface area (Å²) in [6.45, 7) is 1.30. The number of halogens is 4. The molecule has 0 aliphatic carbocycles. The lowest BCUT2D eigenvalue weighted by atomic mass is 9.99. The van der Waals surface area contributed by atoms with Crippen LogP contribution in [0.2, 0.25) is 0 Å². The molecule has 1 rings (SSSR count). The number of nitrogens with zero attached hydrogens (tertiary/aromatic N) is 1. The Morgan fingerprint density at radius 2 is 2.16 bits per heavy atom. The molecule has 0 spiro atoms. The van der Waals surface area contributed by atoms with E-state index in [-0.39, 0.29) is 17.8 Å². The third-order valence-electron chi connectivity index (χ3n) is 2.28. The van der Waals surface area contributed by atoms with Crippen LogP contribution < -0.4 is 4.74 Å². The van der Waals surface area contributed by atoms with Crippen molar-refractivity contribution in [3.05, 3.63) is 29.3 Å². The molecule has 7 heteroatoms. The molecule has 102 valence electrons. The summed E-state index contributed by atoms with van der Waals surface area (Å²) in [5, 5.41) is 8.70. The lowest BCUT2D eigenvalue weighted by Gasteiger charge is -2.16. The third-order valence-corrected chi connectivity index (χ3v) is 3.42. The average Bonchev–Trinajstić information content (AvgIpc) is 2.28. The van der Waals surface area contributed by atoms with Gasteiger partial charge in [-0.05, 0) is 18.6 Å². The third kappa shape index (κ3) is 4.24. The van der Waals surface area contributed by atoms with Crippen LogP contribution in [-0.2, 0) is 11.2 Å². The Morgan fingerprint density at radius 3 is 2.63 bits per heavy atom. The fraction of sp³-hybridized carbons (Fsp3) is 0.333. The van der Waals surface area contributed by atoms with Crippen LogP contribution in [0.4, 0.5) is 13.2 Å². The minimum absolute atomic E-state index is 0.0550. The van der Waals surface area contributed by atoms with Crippen molar-refractivity contribution in [3.8, 4) is 11.8 Å². The van der Waals surface area contributed by atoms with E-state index in [4.69, 9.17) is 5.26 Å². The van der Waals surface area contributed by atoms with Crippen molar-refractivity contribution in [2.45, 2.75) is 24.5 Å². The van der Waals surface area contributed by atoms with Crippen molar-refractivity contribution in [3.63, 3.8) is 0 Å². The van der Waals surface area contributed by atoms with Crippen LogP contribution in [0.3, 0.4) is 0 Å². The highest BCUT2D eigenvalue weighted by atomic mass is 79.9. The molecule has 19 heavy (non-hydrogen) atoms. The summed E-state index contributed by atoms with van der Waals surface area (Å²) in [7, 11) is 0. The summed E-state index contributed by atoms with van der Waals surface area (Å²) < 4.78 is 40.7. The zero-order valence-corrected chi connectivity index (χ0v) is 11.4. The number of hydrogen-bond acceptors (Lipinski definition) is 3. The molecule has 0 saturated heterocycles. The predicted octanol–water partition coefficient (Wildman–Crippen LogP) is 3.68. The number of rotatable bonds is 4. The predicted molar refractivity (Wildman–Crippen MR) is 64.8 cm³/mol. The van der Waals surface area contributed by atoms with E-state index in [2.05, 4.69) is 20.7 Å². The molecule has 1 aromatic carbocycles. The lowest BCUT2D eigenvalue weighted by Crippen LogP contribution is -2.19. The van der Waals surface area contributed by atoms with Crippen molar-refractivity contribution in [1.29, 1.82) is 5.26 Å². The molecule has 3 nitrogen and oxygen atoms in total. The maximum absolute atomic E-state index is 12.3. The summed E-state index contributed by atoms with van der Waals surface area (Å²) in [4.78, 5) is 10.5. The van der Waals surface area contributed by atoms with E-state index in [0.717, 1.165) is 6.07 Å². The smallest absolute Gasteiger partial charge is 0.405 e. The Balaban J connectivity index is 3.30. The van der Waals surface area contributed by atoms with E-state index >= 15 is 0 Å². The second kappa shape index (κ2) is 6.06. The highest BCUT2D eigenvalue weighted by Gasteiger charge is 2.33. The normalized spacial score (nSPS) is 12.6. The van der Waals surface area contributed by atoms with Gasteiger partial charge in [0, 0.05) is 5.56 Å². The van der Waals surface area contributed by atoms with Crippen molar-refractivity contribution in [2.75, 3.05) is 0 Å². The average molecular weight is 336 g/mol. The Morgan fingerprint density at radius 1 is 1.53 bits per heavy atom. The highest BCUT2D eigenvalue weighted by molar-refractivity contribution is 9.09. The number of benzene rings is 1. The van der Waals surface area contributed by atoms with E-state index < -0.39 is 16.9 Å². The van der Waals surface area contributed by atoms with Crippen LogP contribution in [0.5, 0.6) is 5.75 Å². The van der Waals surface area contributed by atoms with Crippen LogP contribution in [0.1, 0.15) is 22.9 Å². The van der Waals surface area contributed by atoms with Crippen LogP contribution in [0, 0.1) is 11.3 Å². The zero-order valence-electron chi connectivity index (χ0n) is 9.79. The maximum Gasteiger partial charge on any atom is 0.573 e. The summed E-state index contributed by atoms with van der Waals surface area (Å²) >= 11 is 3.09. The van der Waals surface area contributed by atoms with Crippen molar-refractivity contribution >= 4 is 21.7 Å². The van der Waals surface area contributed by atoms with Crippen LogP contribution in [-0.4, -0.2) is 12.1 Å². The number of nitriles is 1. The Hall–Kier alpha value is -1.55. The van der Waals surface area contributed by atoms with Crippen LogP contribution in [0.15, 0.2) is 18.2 Å². The second-order valence-corrected chi connectivity index (χ2v) is 4.60. The number of hydrogen-bond donors (Lipinski definition) is 0. The Labute approximate surface area is 116 Å². The van der Waals surface area contributed by atoms with Gasteiger partial charge in [0.25, 0.3) is 0 Å². The molecule has 0 fully saturated rings. The molecule has 0 radical (unpaired) electrons. The molecule has 0 saturated carbocycles. The highest BCUT2D eigenvalue weighted by Crippen LogP contribution is 2.35. The van der Waals surface area contributed by atoms with Gasteiger partial charge in [-0.25, -0.2) is 0 Å². The number of ether oxygens (including phenoxy) is 1. The van der Waals surface area contributed by atoms with Crippen LogP contribution in [0.25, 0.3) is 0 Å². The van der Waals surface area contributed by atoms with E-state index in [0.29, 0.717) is 5.56 Å². The summed E-state index contributed by atoms with van der Waals surface area (Å²) in [6.07, 6.45) is -5.13. The minimum Gasteiger partial charge on any atom is -0.405 e. The molecule has 0 amide bonds. The van der Waals surface area contributed by atoms with Crippen molar-refractivity contribution in [1.82, 2.24) is 0 Å². The maximum atomic E-state index is 12.3. The Kier molecular flexibility index (Phi) is 4.95. The molecular formula is C12H9BrF3NO2. The van der Waals surface area contributed by atoms with E-state index in [1.165, 1.54) is 19.1 Å². The second-order valence-electron chi connectivity index (χ2n) is 3.68. The minimum atomic E-state index is -4.85. The monoisotopic (exact) mass is 335 g/mol. The summed E-state index contributed by atoms with van der Waals surface area (Å²) in [5.41, 5.74) is 0.357. The summed E-state index contributed by atoms with van der Waals surface area (Å²) in [6, 6.07) is 5.70. The topological polar surface area (TPSA) is 50.1 Å². The molecule has 0 bridgehead atoms. The van der Waals surface area contributed by atoms with Gasteiger partial charge in [-0.15, -0.1) is 13.2 Å². The molecule has 0 N–H and O–H groups in total. The van der Waals surface area contributed by atoms with Crippen molar-refractivity contribution in [2.24, 2.45) is 0 Å². The van der Waals surface area contributed by atoms with Crippen LogP contribution >= 0.6 is 15.9 Å². The first-order chi connectivity index (χ1) is 8.76. The first-order valence-electron chi connectivity index (χ1n) is 5.15. The first-order valence-corrected chi connectivity index (χ1v) is 6.07. The van der Waals surface area contributed by atoms with Gasteiger partial charge < -0.3 is 4.74 Å². The van der Waals surface area contributed by atoms with Crippen molar-refractivity contribution < 1.29 is 22.7 Å². The molecular weight excluding hydrogens is 327 g/mol. The SMILES string of the molecule is CC(=O)C(Br)c1cccc(OC(F)(F)F)c1CC#N. The summed E-state index contributed by atoms with van der Waals surface area (Å²) in [5.74, 6) is -0.736. The molecule has 1 aromatic rings. The van der Waals surface area contributed by atoms with E-state index in [1.54, 1.807) is 6.07 Å². The van der Waals surface area contributed by atoms with Gasteiger partial charge >= 0.3 is 6.36 Å². The molecule has 1 atom stereocenters. The fourth-order valence-corrected chi connectivity index (χ4v) is 1.96. The number of carbonyl (C=O) groups is 1. The number of Topliss-reactive ketones (excluding diaryl/α,β-unsaturated/α-hetero) is 1. The lowest BCUT2D eigenvalue weighted by molar-refractivity contribution is -0.274. The van der Waals surface area contributed by atoms with Gasteiger partial charge in [0.1, 0.15) is 11.5 Å². The molecule has 0 aromatic heterocycles. The number of alkyl halides is 4. The largest absolute Gasteiger partial charge is 0.573 e. The van der Waals surface area contributed by atoms with Gasteiger partial charge in [-0.2, -0.15) is 5.26 Å². The van der Waals surface area contributed by atoms with E-state index in [1.807, 2.05) is 0 Å². The van der Waals surface area contributed by atoms with Gasteiger partial charge in [0.15, 0.2) is 0 Å². The quantitative estimate of drug-likeness (QED) is 0.788. The van der Waals surface area contributed by atoms with Gasteiger partial charge in [-0.1, -0.05) is 28.1 Å². The molecule has 1 unspecified atom stereocenters. The molecule has 0 aliphatic heterocycles. The Bertz CT molecular complexity index is 523.